The number of amides is 3. The van der Waals surface area contributed by atoms with Crippen molar-refractivity contribution < 1.29 is 28.3 Å². The van der Waals surface area contributed by atoms with Gasteiger partial charge < -0.3 is 25.5 Å². The van der Waals surface area contributed by atoms with Crippen LogP contribution < -0.4 is 26.4 Å². The number of nitrogens with zero attached hydrogens (tertiary/aromatic N) is 6. The average molecular weight is 810 g/mol. The molecule has 4 aliphatic rings. The summed E-state index contributed by atoms with van der Waals surface area (Å²) in [6, 6.07) is 16.1. The van der Waals surface area contributed by atoms with E-state index >= 15 is 4.39 Å². The molecule has 4 fully saturated rings. The van der Waals surface area contributed by atoms with Gasteiger partial charge >= 0.3 is 0 Å². The van der Waals surface area contributed by atoms with Gasteiger partial charge in [0.2, 0.25) is 23.7 Å². The molecule has 2 aromatic carbocycles. The van der Waals surface area contributed by atoms with Gasteiger partial charge in [-0.1, -0.05) is 18.2 Å². The topological polar surface area (TPSA) is 165 Å². The largest absolute Gasteiger partial charge is 0.388 e. The maximum Gasteiger partial charge on any atom is 0.255 e. The number of hydrogen-bond acceptors (Lipinski definition) is 11. The molecule has 310 valence electrons. The van der Waals surface area contributed by atoms with Crippen LogP contribution in [0.25, 0.3) is 16.9 Å². The number of pyridine rings is 1. The summed E-state index contributed by atoms with van der Waals surface area (Å²) in [5, 5.41) is 20.2. The van der Waals surface area contributed by atoms with E-state index in [1.807, 2.05) is 9.80 Å². The Hall–Kier alpha value is -5.74. The van der Waals surface area contributed by atoms with E-state index in [1.54, 1.807) is 54.7 Å². The standard InChI is InChI=1S/C43H49F2N9O5/c44-33-25-31(47-35-12-14-37(55)49-40(35)57)11-13-36(33)52-22-20-51(21-23-52)27-43(59)15-18-53(19-16-43)41(58)28-7-9-30(10-8-28)48-42-46-26-34(45)39(50-42)29-4-3-5-32(24-29)54-17-2-1-6-38(54)56/h1-6,11,13,17,24-26,28,30,35,47,59H,7-10,12,14-16,18-23,27H2,(H,46,48,50)(H,49,55,57)/t28?,30?,35-/m1/s1. The van der Waals surface area contributed by atoms with E-state index in [2.05, 4.69) is 30.8 Å². The number of likely N-dealkylation sites (tertiary alicyclic amines) is 1. The zero-order valence-electron chi connectivity index (χ0n) is 32.8. The van der Waals surface area contributed by atoms with E-state index < -0.39 is 29.2 Å². The van der Waals surface area contributed by atoms with Gasteiger partial charge in [0, 0.05) is 93.4 Å². The van der Waals surface area contributed by atoms with Crippen LogP contribution in [0.15, 0.2) is 77.9 Å². The van der Waals surface area contributed by atoms with E-state index in [-0.39, 0.29) is 41.4 Å². The predicted molar refractivity (Wildman–Crippen MR) is 218 cm³/mol. The molecule has 1 atom stereocenters. The lowest BCUT2D eigenvalue weighted by molar-refractivity contribution is -0.141. The zero-order valence-corrected chi connectivity index (χ0v) is 32.8. The van der Waals surface area contributed by atoms with Crippen LogP contribution in [0.2, 0.25) is 0 Å². The highest BCUT2D eigenvalue weighted by molar-refractivity contribution is 6.01. The highest BCUT2D eigenvalue weighted by Crippen LogP contribution is 2.32. The third-order valence-corrected chi connectivity index (χ3v) is 12.1. The number of anilines is 3. The molecule has 0 bridgehead atoms. The Bertz CT molecular complexity index is 2250. The molecule has 4 aromatic rings. The number of hydrogen-bond donors (Lipinski definition) is 4. The molecular weight excluding hydrogens is 761 g/mol. The van der Waals surface area contributed by atoms with Crippen LogP contribution >= 0.6 is 0 Å². The molecule has 5 heterocycles. The second kappa shape index (κ2) is 17.2. The molecule has 4 N–H and O–H groups in total. The Labute approximate surface area is 340 Å². The van der Waals surface area contributed by atoms with Crippen LogP contribution in [0.1, 0.15) is 51.4 Å². The summed E-state index contributed by atoms with van der Waals surface area (Å²) in [5.74, 6) is -1.36. The van der Waals surface area contributed by atoms with Gasteiger partial charge in [0.05, 0.1) is 17.5 Å². The van der Waals surface area contributed by atoms with Gasteiger partial charge in [-0.3, -0.25) is 34.0 Å². The number of nitrogens with one attached hydrogen (secondary N) is 3. The first kappa shape index (κ1) is 40.1. The van der Waals surface area contributed by atoms with Crippen molar-refractivity contribution in [3.05, 3.63) is 95.0 Å². The number of rotatable bonds is 10. The van der Waals surface area contributed by atoms with Crippen LogP contribution in [0.3, 0.4) is 0 Å². The van der Waals surface area contributed by atoms with Crippen molar-refractivity contribution in [2.75, 3.05) is 61.3 Å². The van der Waals surface area contributed by atoms with Crippen LogP contribution in [-0.4, -0.2) is 111 Å². The summed E-state index contributed by atoms with van der Waals surface area (Å²) in [5.41, 5.74) is 1.10. The number of aliphatic hydroxyl groups is 1. The number of carbonyl (C=O) groups is 3. The molecule has 1 saturated carbocycles. The van der Waals surface area contributed by atoms with Crippen molar-refractivity contribution in [3.63, 3.8) is 0 Å². The molecule has 3 saturated heterocycles. The molecule has 16 heteroatoms. The fourth-order valence-corrected chi connectivity index (χ4v) is 8.76. The number of carbonyl (C=O) groups excluding carboxylic acids is 3. The Morgan fingerprint density at radius 1 is 0.864 bits per heavy atom. The number of aromatic nitrogens is 3. The molecule has 14 nitrogen and oxygen atoms in total. The number of imide groups is 1. The highest BCUT2D eigenvalue weighted by Gasteiger charge is 2.38. The lowest BCUT2D eigenvalue weighted by Gasteiger charge is -2.44. The van der Waals surface area contributed by atoms with Crippen LogP contribution in [0.5, 0.6) is 0 Å². The molecular formula is C43H49F2N9O5. The summed E-state index contributed by atoms with van der Waals surface area (Å²) in [4.78, 5) is 64.3. The molecule has 1 aliphatic carbocycles. The molecule has 0 unspecified atom stereocenters. The van der Waals surface area contributed by atoms with E-state index in [0.29, 0.717) is 106 Å². The Morgan fingerprint density at radius 3 is 2.37 bits per heavy atom. The summed E-state index contributed by atoms with van der Waals surface area (Å²) in [6.07, 6.45) is 7.23. The maximum atomic E-state index is 15.2. The smallest absolute Gasteiger partial charge is 0.255 e. The first-order valence-electron chi connectivity index (χ1n) is 20.5. The van der Waals surface area contributed by atoms with E-state index in [4.69, 9.17) is 0 Å². The molecule has 0 radical (unpaired) electrons. The zero-order chi connectivity index (χ0) is 41.1. The monoisotopic (exact) mass is 809 g/mol. The minimum atomic E-state index is -0.913. The van der Waals surface area contributed by atoms with Crippen LogP contribution in [-0.2, 0) is 14.4 Å². The van der Waals surface area contributed by atoms with Gasteiger partial charge in [-0.2, -0.15) is 0 Å². The second-order valence-electron chi connectivity index (χ2n) is 16.2. The first-order chi connectivity index (χ1) is 28.5. The molecule has 3 aliphatic heterocycles. The number of benzene rings is 2. The Kier molecular flexibility index (Phi) is 11.7. The van der Waals surface area contributed by atoms with Gasteiger partial charge in [-0.05, 0) is 81.3 Å². The van der Waals surface area contributed by atoms with Crippen molar-refractivity contribution in [2.45, 2.75) is 69.1 Å². The molecule has 8 rings (SSSR count). The minimum Gasteiger partial charge on any atom is -0.388 e. The summed E-state index contributed by atoms with van der Waals surface area (Å²) >= 11 is 0. The number of piperidine rings is 2. The van der Waals surface area contributed by atoms with E-state index in [1.165, 1.54) is 16.7 Å². The fraction of sp³-hybridized carbons (Fsp3) is 0.442. The molecule has 3 amide bonds. The van der Waals surface area contributed by atoms with Crippen LogP contribution in [0.4, 0.5) is 26.1 Å². The Balaban J connectivity index is 0.776. The highest BCUT2D eigenvalue weighted by atomic mass is 19.1. The predicted octanol–water partition coefficient (Wildman–Crippen LogP) is 3.94. The summed E-state index contributed by atoms with van der Waals surface area (Å²) < 4.78 is 31.7. The lowest BCUT2D eigenvalue weighted by atomic mass is 9.84. The van der Waals surface area contributed by atoms with E-state index in [0.717, 1.165) is 19.0 Å². The maximum absolute atomic E-state index is 15.2. The molecule has 0 spiro atoms. The van der Waals surface area contributed by atoms with Gasteiger partial charge in [0.1, 0.15) is 17.6 Å². The average Bonchev–Trinajstić information content (AvgIpc) is 3.23. The first-order valence-corrected chi connectivity index (χ1v) is 20.5. The van der Waals surface area contributed by atoms with Crippen LogP contribution in [0, 0.1) is 17.6 Å². The van der Waals surface area contributed by atoms with Gasteiger partial charge in [-0.15, -0.1) is 0 Å². The van der Waals surface area contributed by atoms with Crippen molar-refractivity contribution in [2.24, 2.45) is 5.92 Å². The Morgan fingerprint density at radius 2 is 1.64 bits per heavy atom. The van der Waals surface area contributed by atoms with Crippen molar-refractivity contribution in [1.29, 1.82) is 0 Å². The minimum absolute atomic E-state index is 0.0244. The number of β-amino-alcohol motifs (C(OH)–C–C–N with tert-alkyl or cyclic N) is 1. The van der Waals surface area contributed by atoms with Gasteiger partial charge in [0.25, 0.3) is 5.56 Å². The van der Waals surface area contributed by atoms with E-state index in [9.17, 15) is 28.7 Å². The molecule has 2 aromatic heterocycles. The van der Waals surface area contributed by atoms with Crippen molar-refractivity contribution in [1.82, 2.24) is 29.7 Å². The number of halogens is 2. The molecule has 59 heavy (non-hydrogen) atoms. The normalized spacial score (nSPS) is 22.5. The lowest BCUT2D eigenvalue weighted by Crippen LogP contribution is -2.56. The van der Waals surface area contributed by atoms with Crippen molar-refractivity contribution >= 4 is 35.0 Å². The van der Waals surface area contributed by atoms with Gasteiger partial charge in [0.15, 0.2) is 5.82 Å². The van der Waals surface area contributed by atoms with Gasteiger partial charge in [-0.25, -0.2) is 18.7 Å². The third kappa shape index (κ3) is 9.28. The fourth-order valence-electron chi connectivity index (χ4n) is 8.76. The third-order valence-electron chi connectivity index (χ3n) is 12.1. The summed E-state index contributed by atoms with van der Waals surface area (Å²) in [7, 11) is 0. The number of piperazine rings is 1. The second-order valence-corrected chi connectivity index (χ2v) is 16.2. The quantitative estimate of drug-likeness (QED) is 0.172. The summed E-state index contributed by atoms with van der Waals surface area (Å²) in [6.45, 7) is 3.97. The SMILES string of the molecule is O=C1CC[C@@H](Nc2ccc(N3CCN(CC4(O)CCN(C(=O)C5CCC(Nc6ncc(F)c(-c7cccc(-n8ccccc8=O)c7)n6)CC5)CC4)CC3)c(F)c2)C(=O)N1. The van der Waals surface area contributed by atoms with Crippen molar-refractivity contribution in [3.8, 4) is 16.9 Å².